The van der Waals surface area contributed by atoms with E-state index in [1.165, 1.54) is 17.4 Å². The number of hydrogen-bond donors (Lipinski definition) is 0. The van der Waals surface area contributed by atoms with Crippen molar-refractivity contribution in [3.63, 3.8) is 0 Å². The van der Waals surface area contributed by atoms with Crippen LogP contribution < -0.4 is 0 Å². The molecule has 0 spiro atoms. The number of thiazole rings is 1. The number of hydrogen-bond acceptors (Lipinski definition) is 3. The minimum Gasteiger partial charge on any atom is -0.241 e. The molecule has 2 rings (SSSR count). The van der Waals surface area contributed by atoms with Crippen molar-refractivity contribution in [1.82, 2.24) is 4.98 Å². The molecule has 0 N–H and O–H groups in total. The summed E-state index contributed by atoms with van der Waals surface area (Å²) in [6, 6.07) is 2.91. The van der Waals surface area contributed by atoms with Crippen molar-refractivity contribution in [1.29, 1.82) is 0 Å². The van der Waals surface area contributed by atoms with Gasteiger partial charge >= 0.3 is 6.18 Å². The number of thioether (sulfide) groups is 1. The first-order valence-electron chi connectivity index (χ1n) is 5.65. The third-order valence-electron chi connectivity index (χ3n) is 2.69. The second-order valence-electron chi connectivity index (χ2n) is 4.15. The second kappa shape index (κ2) is 5.73. The second-order valence-corrected chi connectivity index (χ2v) is 6.10. The van der Waals surface area contributed by atoms with E-state index >= 15 is 0 Å². The van der Waals surface area contributed by atoms with Crippen molar-refractivity contribution in [2.75, 3.05) is 6.26 Å². The van der Waals surface area contributed by atoms with Crippen molar-refractivity contribution < 1.29 is 17.6 Å². The van der Waals surface area contributed by atoms with Crippen LogP contribution in [0.15, 0.2) is 18.2 Å². The minimum absolute atomic E-state index is 0.371. The molecule has 0 aliphatic carbocycles. The molecule has 1 aromatic heterocycles. The summed E-state index contributed by atoms with van der Waals surface area (Å²) < 4.78 is 51.0. The molecule has 0 aliphatic heterocycles. The van der Waals surface area contributed by atoms with Gasteiger partial charge in [-0.1, -0.05) is 6.07 Å². The van der Waals surface area contributed by atoms with Gasteiger partial charge in [-0.05, 0) is 25.3 Å². The molecular weight excluding hydrogens is 310 g/mol. The van der Waals surface area contributed by atoms with Gasteiger partial charge in [0.2, 0.25) is 0 Å². The van der Waals surface area contributed by atoms with Gasteiger partial charge in [0.1, 0.15) is 10.8 Å². The van der Waals surface area contributed by atoms with Crippen molar-refractivity contribution in [2.45, 2.75) is 18.9 Å². The van der Waals surface area contributed by atoms with Crippen LogP contribution in [0.5, 0.6) is 0 Å². The van der Waals surface area contributed by atoms with E-state index in [-0.39, 0.29) is 0 Å². The van der Waals surface area contributed by atoms with E-state index in [0.29, 0.717) is 10.6 Å². The van der Waals surface area contributed by atoms with Crippen LogP contribution in [-0.4, -0.2) is 11.2 Å². The fraction of sp³-hybridized carbons (Fsp3) is 0.308. The molecular formula is C13H11F4NS2. The fourth-order valence-electron chi connectivity index (χ4n) is 1.69. The summed E-state index contributed by atoms with van der Waals surface area (Å²) in [5.41, 5.74) is -0.0468. The number of aromatic nitrogens is 1. The van der Waals surface area contributed by atoms with Gasteiger partial charge < -0.3 is 0 Å². The Bertz CT molecular complexity index is 619. The number of rotatable bonds is 3. The molecule has 20 heavy (non-hydrogen) atoms. The van der Waals surface area contributed by atoms with Crippen molar-refractivity contribution in [2.24, 2.45) is 0 Å². The Hall–Kier alpha value is -1.08. The van der Waals surface area contributed by atoms with E-state index in [9.17, 15) is 17.6 Å². The Morgan fingerprint density at radius 3 is 2.55 bits per heavy atom. The summed E-state index contributed by atoms with van der Waals surface area (Å²) >= 11 is 3.01. The maximum absolute atomic E-state index is 13.5. The standard InChI is InChI=1S/C13H11F4NS2/c1-7-11(6-19-2)20-12(18-7)8-3-4-9(10(14)5-8)13(15,16)17/h3-5H,6H2,1-2H3. The molecule has 1 nitrogen and oxygen atoms in total. The first-order valence-corrected chi connectivity index (χ1v) is 7.86. The highest BCUT2D eigenvalue weighted by atomic mass is 32.2. The molecule has 0 saturated carbocycles. The highest BCUT2D eigenvalue weighted by molar-refractivity contribution is 7.97. The van der Waals surface area contributed by atoms with Crippen molar-refractivity contribution >= 4 is 23.1 Å². The lowest BCUT2D eigenvalue weighted by Crippen LogP contribution is -2.07. The Balaban J connectivity index is 2.39. The topological polar surface area (TPSA) is 12.9 Å². The summed E-state index contributed by atoms with van der Waals surface area (Å²) in [4.78, 5) is 5.34. The average Bonchev–Trinajstić information content (AvgIpc) is 2.70. The molecule has 2 aromatic rings. The fourth-order valence-corrected chi connectivity index (χ4v) is 3.61. The summed E-state index contributed by atoms with van der Waals surface area (Å²) in [5.74, 6) is -0.485. The first-order chi connectivity index (χ1) is 9.32. The summed E-state index contributed by atoms with van der Waals surface area (Å²) in [5, 5.41) is 0.541. The number of alkyl halides is 3. The van der Waals surface area contributed by atoms with Crippen molar-refractivity contribution in [3.05, 3.63) is 40.2 Å². The molecule has 0 bridgehead atoms. The van der Waals surface area contributed by atoms with Gasteiger partial charge in [-0.25, -0.2) is 9.37 Å². The zero-order valence-electron chi connectivity index (χ0n) is 10.7. The number of nitrogens with zero attached hydrogens (tertiary/aromatic N) is 1. The molecule has 1 aromatic carbocycles. The SMILES string of the molecule is CSCc1sc(-c2ccc(C(F)(F)F)c(F)c2)nc1C. The highest BCUT2D eigenvalue weighted by Crippen LogP contribution is 2.35. The molecule has 0 unspecified atom stereocenters. The number of halogens is 4. The highest BCUT2D eigenvalue weighted by Gasteiger charge is 2.34. The van der Waals surface area contributed by atoms with Gasteiger partial charge in [0.05, 0.1) is 11.3 Å². The molecule has 0 aliphatic rings. The largest absolute Gasteiger partial charge is 0.419 e. The van der Waals surface area contributed by atoms with Gasteiger partial charge in [-0.3, -0.25) is 0 Å². The maximum atomic E-state index is 13.5. The van der Waals surface area contributed by atoms with Crippen LogP contribution >= 0.6 is 23.1 Å². The van der Waals surface area contributed by atoms with Gasteiger partial charge in [0.15, 0.2) is 0 Å². The van der Waals surface area contributed by atoms with Crippen LogP contribution in [-0.2, 0) is 11.9 Å². The van der Waals surface area contributed by atoms with E-state index in [1.807, 2.05) is 13.2 Å². The van der Waals surface area contributed by atoms with Crippen molar-refractivity contribution in [3.8, 4) is 10.6 Å². The van der Waals surface area contributed by atoms with Crippen LogP contribution in [0.2, 0.25) is 0 Å². The number of aryl methyl sites for hydroxylation is 1. The average molecular weight is 321 g/mol. The molecule has 0 atom stereocenters. The molecule has 1 heterocycles. The first kappa shape index (κ1) is 15.3. The Labute approximate surface area is 122 Å². The summed E-state index contributed by atoms with van der Waals surface area (Å²) in [7, 11) is 0. The van der Waals surface area contributed by atoms with E-state index in [4.69, 9.17) is 0 Å². The van der Waals surface area contributed by atoms with Crippen LogP contribution in [0.3, 0.4) is 0 Å². The van der Waals surface area contributed by atoms with Gasteiger partial charge in [-0.15, -0.1) is 11.3 Å². The summed E-state index contributed by atoms with van der Waals surface area (Å²) in [6.45, 7) is 1.84. The zero-order chi connectivity index (χ0) is 14.9. The lowest BCUT2D eigenvalue weighted by Gasteiger charge is -2.08. The predicted octanol–water partition coefficient (Wildman–Crippen LogP) is 5.14. The Morgan fingerprint density at radius 1 is 1.30 bits per heavy atom. The third kappa shape index (κ3) is 3.15. The maximum Gasteiger partial charge on any atom is 0.419 e. The number of benzene rings is 1. The molecule has 7 heteroatoms. The lowest BCUT2D eigenvalue weighted by atomic mass is 10.1. The Morgan fingerprint density at radius 2 is 2.00 bits per heavy atom. The van der Waals surface area contributed by atoms with Crippen LogP contribution in [0, 0.1) is 12.7 Å². The quantitative estimate of drug-likeness (QED) is 0.726. The zero-order valence-corrected chi connectivity index (χ0v) is 12.3. The third-order valence-corrected chi connectivity index (χ3v) is 4.66. The van der Waals surface area contributed by atoms with Gasteiger partial charge in [-0.2, -0.15) is 24.9 Å². The van der Waals surface area contributed by atoms with E-state index in [1.54, 1.807) is 11.8 Å². The molecule has 0 amide bonds. The van der Waals surface area contributed by atoms with E-state index < -0.39 is 17.6 Å². The van der Waals surface area contributed by atoms with Gasteiger partial charge in [0, 0.05) is 16.2 Å². The molecule has 0 fully saturated rings. The summed E-state index contributed by atoms with van der Waals surface area (Å²) in [6.07, 6.45) is -2.72. The van der Waals surface area contributed by atoms with E-state index in [2.05, 4.69) is 4.98 Å². The van der Waals surface area contributed by atoms with E-state index in [0.717, 1.165) is 28.5 Å². The van der Waals surface area contributed by atoms with Gasteiger partial charge in [0.25, 0.3) is 0 Å². The molecule has 0 radical (unpaired) electrons. The Kier molecular flexibility index (Phi) is 4.39. The lowest BCUT2D eigenvalue weighted by molar-refractivity contribution is -0.139. The minimum atomic E-state index is -4.68. The molecule has 0 saturated heterocycles. The van der Waals surface area contributed by atoms with Crippen LogP contribution in [0.25, 0.3) is 10.6 Å². The molecule has 108 valence electrons. The predicted molar refractivity (Wildman–Crippen MR) is 74.5 cm³/mol. The monoisotopic (exact) mass is 321 g/mol. The van der Waals surface area contributed by atoms with Crippen LogP contribution in [0.4, 0.5) is 17.6 Å². The smallest absolute Gasteiger partial charge is 0.241 e. The normalized spacial score (nSPS) is 11.9. The van der Waals surface area contributed by atoms with Crippen LogP contribution in [0.1, 0.15) is 16.1 Å².